The summed E-state index contributed by atoms with van der Waals surface area (Å²) >= 11 is 1.62. The molecule has 0 saturated carbocycles. The van der Waals surface area contributed by atoms with E-state index in [1.54, 1.807) is 0 Å². The maximum atomic E-state index is 2.66. The van der Waals surface area contributed by atoms with E-state index in [1.165, 1.54) is 15.3 Å². The molecule has 0 aromatic heterocycles. The van der Waals surface area contributed by atoms with Crippen LogP contribution in [0.2, 0.25) is 4.68 Å². The molecule has 0 radical (unpaired) electrons. The molecular weight excluding hydrogens is 350 g/mol. The van der Waals surface area contributed by atoms with Gasteiger partial charge in [-0.25, -0.2) is 0 Å². The minimum absolute atomic E-state index is 1.04. The van der Waals surface area contributed by atoms with E-state index in [0.717, 1.165) is 0 Å². The van der Waals surface area contributed by atoms with Gasteiger partial charge in [0.15, 0.2) is 0 Å². The van der Waals surface area contributed by atoms with Crippen molar-refractivity contribution in [2.75, 3.05) is 0 Å². The molecule has 0 amide bonds. The quantitative estimate of drug-likeness (QED) is 0.710. The van der Waals surface area contributed by atoms with Gasteiger partial charge in [0.05, 0.1) is 0 Å². The van der Waals surface area contributed by atoms with Gasteiger partial charge in [0.1, 0.15) is 0 Å². The fraction of sp³-hybridized carbons (Fsp3) is 0.333. The molecule has 2 heteroatoms. The first-order chi connectivity index (χ1) is 5.18. The maximum absolute atomic E-state index is 2.66. The van der Waals surface area contributed by atoms with E-state index in [-0.39, 0.29) is 0 Å². The summed E-state index contributed by atoms with van der Waals surface area (Å²) in [5.74, 6) is 0. The van der Waals surface area contributed by atoms with Crippen LogP contribution in [0, 0.1) is 6.92 Å². The SMILES string of the molecule is Cc1ccc([CH2][In]([CH3])[I])cc1. The first kappa shape index (κ1) is 9.90. The molecule has 58 valence electrons. The predicted octanol–water partition coefficient (Wildman–Crippen LogP) is 3.13. The second-order valence-electron chi connectivity index (χ2n) is 2.97. The van der Waals surface area contributed by atoms with Gasteiger partial charge in [0.2, 0.25) is 0 Å². The van der Waals surface area contributed by atoms with Gasteiger partial charge in [0.25, 0.3) is 0 Å². The van der Waals surface area contributed by atoms with Crippen LogP contribution in [0.1, 0.15) is 11.1 Å². The van der Waals surface area contributed by atoms with Gasteiger partial charge in [-0.15, -0.1) is 0 Å². The third-order valence-electron chi connectivity index (χ3n) is 1.64. The Morgan fingerprint density at radius 3 is 2.27 bits per heavy atom. The Balaban J connectivity index is 2.66. The summed E-state index contributed by atoms with van der Waals surface area (Å²) in [5, 5.41) is 0. The van der Waals surface area contributed by atoms with E-state index in [0.29, 0.717) is 0 Å². The van der Waals surface area contributed by atoms with Gasteiger partial charge in [-0.2, -0.15) is 0 Å². The monoisotopic (exact) mass is 362 g/mol. The summed E-state index contributed by atoms with van der Waals surface area (Å²) in [6, 6.07) is 8.95. The van der Waals surface area contributed by atoms with Crippen LogP contribution in [0.5, 0.6) is 0 Å². The van der Waals surface area contributed by atoms with Crippen LogP contribution >= 0.6 is 18.1 Å². The first-order valence-electron chi connectivity index (χ1n) is 3.88. The van der Waals surface area contributed by atoms with E-state index in [2.05, 4.69) is 54.0 Å². The predicted molar refractivity (Wildman–Crippen MR) is 60.5 cm³/mol. The molecule has 0 saturated heterocycles. The van der Waals surface area contributed by atoms with Crippen molar-refractivity contribution in [3.05, 3.63) is 35.4 Å². The van der Waals surface area contributed by atoms with Crippen LogP contribution in [0.3, 0.4) is 0 Å². The second-order valence-corrected chi connectivity index (χ2v) is 22.9. The van der Waals surface area contributed by atoms with Crippen molar-refractivity contribution >= 4 is 35.4 Å². The van der Waals surface area contributed by atoms with Crippen LogP contribution in [0.25, 0.3) is 0 Å². The minimum atomic E-state index is -1.04. The van der Waals surface area contributed by atoms with Crippen LogP contribution in [0.15, 0.2) is 24.3 Å². The molecular formula is C9H12IIn. The normalized spacial score (nSPS) is 9.73. The standard InChI is InChI=1S/C8H9.CH3.HI.In/c1-7-3-5-8(2)6-4-7;;;/h3-6H,1H2,2H3;1H3;1H;/q;;;+1/p-1. The molecule has 1 aromatic rings. The molecule has 0 N–H and O–H groups in total. The molecule has 0 aliphatic rings. The third-order valence-corrected chi connectivity index (χ3v) is 7.54. The molecule has 0 atom stereocenters. The van der Waals surface area contributed by atoms with Gasteiger partial charge in [-0.1, -0.05) is 0 Å². The van der Waals surface area contributed by atoms with Crippen molar-refractivity contribution in [1.82, 2.24) is 0 Å². The number of benzene rings is 1. The zero-order chi connectivity index (χ0) is 8.27. The third kappa shape index (κ3) is 3.83. The molecule has 1 aromatic carbocycles. The summed E-state index contributed by atoms with van der Waals surface area (Å²) in [4.78, 5) is 0. The topological polar surface area (TPSA) is 0 Å². The Morgan fingerprint density at radius 1 is 1.27 bits per heavy atom. The summed E-state index contributed by atoms with van der Waals surface area (Å²) in [7, 11) is 0. The molecule has 0 aliphatic heterocycles. The molecule has 0 unspecified atom stereocenters. The number of halogens is 1. The van der Waals surface area contributed by atoms with E-state index < -0.39 is 17.3 Å². The molecule has 0 aliphatic carbocycles. The molecule has 0 nitrogen and oxygen atoms in total. The van der Waals surface area contributed by atoms with Crippen molar-refractivity contribution in [1.29, 1.82) is 0 Å². The molecule has 11 heavy (non-hydrogen) atoms. The van der Waals surface area contributed by atoms with Gasteiger partial charge >= 0.3 is 86.6 Å². The van der Waals surface area contributed by atoms with Crippen LogP contribution in [-0.2, 0) is 4.18 Å². The zero-order valence-corrected chi connectivity index (χ0v) is 12.4. The molecule has 0 bridgehead atoms. The van der Waals surface area contributed by atoms with E-state index in [9.17, 15) is 0 Å². The summed E-state index contributed by atoms with van der Waals surface area (Å²) in [5.41, 5.74) is 2.90. The number of aryl methyl sites for hydroxylation is 1. The van der Waals surface area contributed by atoms with Crippen molar-refractivity contribution in [2.24, 2.45) is 0 Å². The van der Waals surface area contributed by atoms with Gasteiger partial charge in [0, 0.05) is 0 Å². The molecule has 0 spiro atoms. The summed E-state index contributed by atoms with van der Waals surface area (Å²) in [6.07, 6.45) is 0. The number of rotatable bonds is 2. The van der Waals surface area contributed by atoms with Crippen LogP contribution in [0.4, 0.5) is 0 Å². The molecule has 1 rings (SSSR count). The Hall–Kier alpha value is 0.820. The van der Waals surface area contributed by atoms with Crippen LogP contribution < -0.4 is 0 Å². The van der Waals surface area contributed by atoms with E-state index in [4.69, 9.17) is 0 Å². The summed E-state index contributed by atoms with van der Waals surface area (Å²) < 4.78 is 3.84. The van der Waals surface area contributed by atoms with Crippen molar-refractivity contribution in [3.63, 3.8) is 0 Å². The van der Waals surface area contributed by atoms with Crippen molar-refractivity contribution in [3.8, 4) is 0 Å². The Labute approximate surface area is 85.7 Å². The second kappa shape index (κ2) is 4.75. The molecule has 0 heterocycles. The number of hydrogen-bond donors (Lipinski definition) is 0. The van der Waals surface area contributed by atoms with Crippen LogP contribution in [-0.4, -0.2) is 17.3 Å². The average Bonchev–Trinajstić information content (AvgIpc) is 1.93. The van der Waals surface area contributed by atoms with Gasteiger partial charge in [-0.05, 0) is 0 Å². The van der Waals surface area contributed by atoms with Crippen molar-refractivity contribution < 1.29 is 0 Å². The first-order valence-corrected chi connectivity index (χ1v) is 19.1. The van der Waals surface area contributed by atoms with E-state index >= 15 is 0 Å². The number of hydrogen-bond acceptors (Lipinski definition) is 0. The fourth-order valence-corrected chi connectivity index (χ4v) is 7.09. The Morgan fingerprint density at radius 2 is 1.82 bits per heavy atom. The molecule has 0 fully saturated rings. The van der Waals surface area contributed by atoms with E-state index in [1.807, 2.05) is 0 Å². The van der Waals surface area contributed by atoms with Gasteiger partial charge < -0.3 is 0 Å². The fourth-order valence-electron chi connectivity index (χ4n) is 1.05. The Kier molecular flexibility index (Phi) is 4.28. The van der Waals surface area contributed by atoms with Gasteiger partial charge in [-0.3, -0.25) is 0 Å². The zero-order valence-electron chi connectivity index (χ0n) is 6.97. The summed E-state index contributed by atoms with van der Waals surface area (Å²) in [6.45, 7) is 2.14. The Bertz CT molecular complexity index is 216. The average molecular weight is 362 g/mol. The van der Waals surface area contributed by atoms with Crippen molar-refractivity contribution in [2.45, 2.75) is 15.8 Å².